The van der Waals surface area contributed by atoms with E-state index in [1.807, 2.05) is 0 Å². The molecule has 0 aliphatic carbocycles. The highest BCUT2D eigenvalue weighted by Crippen LogP contribution is 2.27. The van der Waals surface area contributed by atoms with Crippen molar-refractivity contribution >= 4 is 29.3 Å². The van der Waals surface area contributed by atoms with E-state index in [0.29, 0.717) is 22.4 Å². The molecule has 0 aromatic heterocycles. The maximum Gasteiger partial charge on any atom is 0.387 e. The van der Waals surface area contributed by atoms with E-state index < -0.39 is 6.61 Å². The van der Waals surface area contributed by atoms with E-state index in [4.69, 9.17) is 12.2 Å². The van der Waals surface area contributed by atoms with E-state index in [1.165, 1.54) is 0 Å². The molecule has 20 heavy (non-hydrogen) atoms. The number of carbonyl (C=O) groups is 1. The van der Waals surface area contributed by atoms with Crippen LogP contribution in [0.5, 0.6) is 5.75 Å². The van der Waals surface area contributed by atoms with Gasteiger partial charge >= 0.3 is 6.61 Å². The van der Waals surface area contributed by atoms with Crippen LogP contribution in [-0.2, 0) is 4.79 Å². The van der Waals surface area contributed by atoms with Crippen LogP contribution in [-0.4, -0.2) is 17.6 Å². The van der Waals surface area contributed by atoms with Crippen LogP contribution in [0.3, 0.4) is 0 Å². The second kappa shape index (κ2) is 5.54. The Morgan fingerprint density at radius 3 is 2.30 bits per heavy atom. The molecule has 2 N–H and O–H groups in total. The van der Waals surface area contributed by atoms with Gasteiger partial charge in [-0.3, -0.25) is 10.1 Å². The number of benzene rings is 1. The SMILES string of the molecule is Cc1cc(/C=C2\NC(=S)NC2=O)cc(C)c1OC(F)F. The number of alkyl halides is 2. The molecule has 1 fully saturated rings. The van der Waals surface area contributed by atoms with Crippen LogP contribution in [0.4, 0.5) is 8.78 Å². The second-order valence-electron chi connectivity index (χ2n) is 4.33. The van der Waals surface area contributed by atoms with Crippen molar-refractivity contribution in [2.45, 2.75) is 20.5 Å². The molecule has 0 radical (unpaired) electrons. The molecule has 1 aromatic rings. The van der Waals surface area contributed by atoms with Crippen molar-refractivity contribution in [2.24, 2.45) is 0 Å². The molecule has 2 rings (SSSR count). The van der Waals surface area contributed by atoms with Gasteiger partial charge in [-0.05, 0) is 61.0 Å². The summed E-state index contributed by atoms with van der Waals surface area (Å²) in [5, 5.41) is 5.40. The summed E-state index contributed by atoms with van der Waals surface area (Å²) in [6.45, 7) is 0.468. The number of hydrogen-bond donors (Lipinski definition) is 2. The molecule has 1 aliphatic rings. The van der Waals surface area contributed by atoms with Crippen LogP contribution in [0, 0.1) is 13.8 Å². The number of thiocarbonyl (C=S) groups is 1. The first kappa shape index (κ1) is 14.4. The first-order valence-corrected chi connectivity index (χ1v) is 6.17. The van der Waals surface area contributed by atoms with Gasteiger partial charge in [0.1, 0.15) is 11.4 Å². The summed E-state index contributed by atoms with van der Waals surface area (Å²) >= 11 is 4.82. The summed E-state index contributed by atoms with van der Waals surface area (Å²) in [7, 11) is 0. The number of rotatable bonds is 3. The van der Waals surface area contributed by atoms with E-state index in [2.05, 4.69) is 15.4 Å². The summed E-state index contributed by atoms with van der Waals surface area (Å²) in [6.07, 6.45) is 1.60. The molecular formula is C13H12F2N2O2S. The van der Waals surface area contributed by atoms with Gasteiger partial charge < -0.3 is 10.1 Å². The number of halogens is 2. The lowest BCUT2D eigenvalue weighted by atomic mass is 10.0. The molecule has 0 unspecified atom stereocenters. The zero-order valence-corrected chi connectivity index (χ0v) is 11.6. The van der Waals surface area contributed by atoms with E-state index in [9.17, 15) is 13.6 Å². The Labute approximate surface area is 119 Å². The first-order chi connectivity index (χ1) is 9.36. The van der Waals surface area contributed by atoms with Gasteiger partial charge in [0, 0.05) is 0 Å². The molecule has 0 bridgehead atoms. The minimum atomic E-state index is -2.86. The average molecular weight is 298 g/mol. The molecule has 106 valence electrons. The molecular weight excluding hydrogens is 286 g/mol. The van der Waals surface area contributed by atoms with Crippen LogP contribution in [0.25, 0.3) is 6.08 Å². The molecule has 1 aliphatic heterocycles. The fourth-order valence-electron chi connectivity index (χ4n) is 1.99. The third-order valence-electron chi connectivity index (χ3n) is 2.72. The Bertz CT molecular complexity index is 591. The maximum absolute atomic E-state index is 12.3. The third-order valence-corrected chi connectivity index (χ3v) is 2.92. The number of amides is 1. The Morgan fingerprint density at radius 2 is 1.85 bits per heavy atom. The summed E-state index contributed by atoms with van der Waals surface area (Å²) < 4.78 is 29.1. The standard InChI is InChI=1S/C13H12F2N2O2S/c1-6-3-8(4-7(2)10(6)19-12(14)15)5-9-11(18)17-13(20)16-9/h3-5,12H,1-2H3,(H2,16,17,18,20)/b9-5-. The van der Waals surface area contributed by atoms with E-state index in [1.54, 1.807) is 32.1 Å². The predicted octanol–water partition coefficient (Wildman–Crippen LogP) is 2.25. The first-order valence-electron chi connectivity index (χ1n) is 5.77. The topological polar surface area (TPSA) is 50.4 Å². The van der Waals surface area contributed by atoms with Gasteiger partial charge in [-0.1, -0.05) is 0 Å². The second-order valence-corrected chi connectivity index (χ2v) is 4.74. The summed E-state index contributed by atoms with van der Waals surface area (Å²) in [4.78, 5) is 11.5. The van der Waals surface area contributed by atoms with Crippen molar-refractivity contribution in [3.63, 3.8) is 0 Å². The maximum atomic E-state index is 12.3. The van der Waals surface area contributed by atoms with E-state index in [0.717, 1.165) is 0 Å². The minimum Gasteiger partial charge on any atom is -0.434 e. The van der Waals surface area contributed by atoms with Gasteiger partial charge in [-0.2, -0.15) is 8.78 Å². The quantitative estimate of drug-likeness (QED) is 0.664. The van der Waals surface area contributed by atoms with Gasteiger partial charge in [-0.25, -0.2) is 0 Å². The van der Waals surface area contributed by atoms with Crippen molar-refractivity contribution in [3.8, 4) is 5.75 Å². The van der Waals surface area contributed by atoms with Gasteiger partial charge in [0.15, 0.2) is 5.11 Å². The monoisotopic (exact) mass is 298 g/mol. The fraction of sp³-hybridized carbons (Fsp3) is 0.231. The van der Waals surface area contributed by atoms with E-state index >= 15 is 0 Å². The Kier molecular flexibility index (Phi) is 3.99. The van der Waals surface area contributed by atoms with Crippen molar-refractivity contribution in [1.82, 2.24) is 10.6 Å². The normalized spacial score (nSPS) is 16.6. The zero-order chi connectivity index (χ0) is 14.9. The molecule has 0 spiro atoms. The Balaban J connectivity index is 2.33. The lowest BCUT2D eigenvalue weighted by molar-refractivity contribution is -0.115. The summed E-state index contributed by atoms with van der Waals surface area (Å²) in [6, 6.07) is 3.32. The number of nitrogens with one attached hydrogen (secondary N) is 2. The Morgan fingerprint density at radius 1 is 1.25 bits per heavy atom. The molecule has 1 heterocycles. The molecule has 0 saturated carbocycles. The highest BCUT2D eigenvalue weighted by Gasteiger charge is 2.20. The van der Waals surface area contributed by atoms with Gasteiger partial charge in [0.2, 0.25) is 0 Å². The van der Waals surface area contributed by atoms with Gasteiger partial charge in [-0.15, -0.1) is 0 Å². The highest BCUT2D eigenvalue weighted by molar-refractivity contribution is 7.80. The number of carbonyl (C=O) groups excluding carboxylic acids is 1. The number of aryl methyl sites for hydroxylation is 2. The average Bonchev–Trinajstić information content (AvgIpc) is 2.62. The molecule has 1 saturated heterocycles. The van der Waals surface area contributed by atoms with Gasteiger partial charge in [0.05, 0.1) is 0 Å². The third kappa shape index (κ3) is 3.11. The minimum absolute atomic E-state index is 0.154. The molecule has 1 amide bonds. The predicted molar refractivity (Wildman–Crippen MR) is 74.4 cm³/mol. The van der Waals surface area contributed by atoms with Crippen LogP contribution < -0.4 is 15.4 Å². The van der Waals surface area contributed by atoms with Crippen LogP contribution >= 0.6 is 12.2 Å². The Hall–Kier alpha value is -2.02. The van der Waals surface area contributed by atoms with Crippen LogP contribution in [0.15, 0.2) is 17.8 Å². The fourth-order valence-corrected chi connectivity index (χ4v) is 2.19. The molecule has 0 atom stereocenters. The molecule has 4 nitrogen and oxygen atoms in total. The van der Waals surface area contributed by atoms with Crippen molar-refractivity contribution in [2.75, 3.05) is 0 Å². The van der Waals surface area contributed by atoms with Crippen molar-refractivity contribution in [3.05, 3.63) is 34.5 Å². The largest absolute Gasteiger partial charge is 0.434 e. The van der Waals surface area contributed by atoms with Crippen LogP contribution in [0.2, 0.25) is 0 Å². The highest BCUT2D eigenvalue weighted by atomic mass is 32.1. The lowest BCUT2D eigenvalue weighted by Gasteiger charge is -2.12. The number of hydrogen-bond acceptors (Lipinski definition) is 3. The number of ether oxygens (including phenoxy) is 1. The van der Waals surface area contributed by atoms with Crippen molar-refractivity contribution < 1.29 is 18.3 Å². The van der Waals surface area contributed by atoms with Gasteiger partial charge in [0.25, 0.3) is 5.91 Å². The zero-order valence-electron chi connectivity index (χ0n) is 10.8. The molecule has 7 heteroatoms. The lowest BCUT2D eigenvalue weighted by Crippen LogP contribution is -2.21. The summed E-state index contributed by atoms with van der Waals surface area (Å²) in [5.74, 6) is -0.167. The smallest absolute Gasteiger partial charge is 0.387 e. The van der Waals surface area contributed by atoms with Crippen molar-refractivity contribution in [1.29, 1.82) is 0 Å². The van der Waals surface area contributed by atoms with E-state index in [-0.39, 0.29) is 16.8 Å². The summed E-state index contributed by atoms with van der Waals surface area (Å²) in [5.41, 5.74) is 2.15. The van der Waals surface area contributed by atoms with Crippen LogP contribution in [0.1, 0.15) is 16.7 Å². The molecule has 1 aromatic carbocycles.